The van der Waals surface area contributed by atoms with Crippen molar-refractivity contribution in [3.63, 3.8) is 0 Å². The zero-order valence-corrected chi connectivity index (χ0v) is 10.7. The predicted molar refractivity (Wildman–Crippen MR) is 62.0 cm³/mol. The average molecular weight is 234 g/mol. The van der Waals surface area contributed by atoms with Crippen molar-refractivity contribution < 1.29 is 8.42 Å². The van der Waals surface area contributed by atoms with Crippen LogP contribution in [-0.4, -0.2) is 37.7 Å². The maximum atomic E-state index is 10.9. The van der Waals surface area contributed by atoms with E-state index in [4.69, 9.17) is 5.14 Å². The van der Waals surface area contributed by atoms with Gasteiger partial charge in [0.25, 0.3) is 0 Å². The summed E-state index contributed by atoms with van der Waals surface area (Å²) in [4.78, 5) is 2.40. The third-order valence-corrected chi connectivity index (χ3v) is 3.97. The lowest BCUT2D eigenvalue weighted by atomic mass is 9.94. The molecule has 5 heteroatoms. The van der Waals surface area contributed by atoms with Gasteiger partial charge in [0.1, 0.15) is 0 Å². The van der Waals surface area contributed by atoms with Gasteiger partial charge in [0.05, 0.1) is 5.75 Å². The molecule has 0 spiro atoms. The summed E-state index contributed by atoms with van der Waals surface area (Å²) in [6.45, 7) is 8.51. The highest BCUT2D eigenvalue weighted by Gasteiger charge is 2.28. The van der Waals surface area contributed by atoms with E-state index in [0.717, 1.165) is 25.9 Å². The molecule has 1 aliphatic rings. The van der Waals surface area contributed by atoms with Crippen LogP contribution >= 0.6 is 0 Å². The maximum absolute atomic E-state index is 10.9. The van der Waals surface area contributed by atoms with Crippen molar-refractivity contribution in [2.24, 2.45) is 11.1 Å². The van der Waals surface area contributed by atoms with Gasteiger partial charge < -0.3 is 0 Å². The molecule has 0 bridgehead atoms. The molecule has 4 nitrogen and oxygen atoms in total. The molecule has 0 aliphatic carbocycles. The van der Waals surface area contributed by atoms with Gasteiger partial charge in [-0.05, 0) is 52.6 Å². The molecule has 0 unspecified atom stereocenters. The molecule has 90 valence electrons. The van der Waals surface area contributed by atoms with Gasteiger partial charge in [0, 0.05) is 5.54 Å². The van der Waals surface area contributed by atoms with Gasteiger partial charge in [-0.15, -0.1) is 0 Å². The Balaban J connectivity index is 2.43. The van der Waals surface area contributed by atoms with Crippen molar-refractivity contribution in [2.45, 2.75) is 39.2 Å². The van der Waals surface area contributed by atoms with Crippen LogP contribution in [-0.2, 0) is 10.0 Å². The van der Waals surface area contributed by atoms with E-state index in [-0.39, 0.29) is 17.2 Å². The van der Waals surface area contributed by atoms with E-state index in [2.05, 4.69) is 25.7 Å². The van der Waals surface area contributed by atoms with Crippen molar-refractivity contribution in [3.8, 4) is 0 Å². The number of sulfonamides is 1. The number of hydrogen-bond acceptors (Lipinski definition) is 3. The fraction of sp³-hybridized carbons (Fsp3) is 1.00. The van der Waals surface area contributed by atoms with Crippen LogP contribution in [0.1, 0.15) is 33.6 Å². The maximum Gasteiger partial charge on any atom is 0.209 e. The Bertz CT molecular complexity index is 298. The number of rotatable bonds is 2. The van der Waals surface area contributed by atoms with Crippen molar-refractivity contribution in [2.75, 3.05) is 18.8 Å². The normalized spacial score (nSPS) is 21.9. The molecular formula is C10H22N2O2S. The Kier molecular flexibility index (Phi) is 3.79. The van der Waals surface area contributed by atoms with Gasteiger partial charge in [-0.2, -0.15) is 0 Å². The molecule has 1 saturated heterocycles. The topological polar surface area (TPSA) is 63.4 Å². The van der Waals surface area contributed by atoms with Crippen LogP contribution in [0.3, 0.4) is 0 Å². The minimum absolute atomic E-state index is 0.144. The highest BCUT2D eigenvalue weighted by atomic mass is 32.2. The monoisotopic (exact) mass is 234 g/mol. The van der Waals surface area contributed by atoms with Gasteiger partial charge in [-0.1, -0.05) is 0 Å². The molecule has 1 fully saturated rings. The average Bonchev–Trinajstić information content (AvgIpc) is 2.00. The summed E-state index contributed by atoms with van der Waals surface area (Å²) in [6, 6.07) is 0. The molecule has 1 rings (SSSR count). The second kappa shape index (κ2) is 4.39. The molecule has 2 N–H and O–H groups in total. The second-order valence-corrected chi connectivity index (χ2v) is 7.09. The van der Waals surface area contributed by atoms with Crippen LogP contribution in [0.25, 0.3) is 0 Å². The number of hydrogen-bond donors (Lipinski definition) is 1. The Hall–Kier alpha value is -0.130. The standard InChI is InChI=1S/C10H22N2O2S/c1-10(2,3)12-6-4-9(5-7-12)8-15(11,13)14/h9H,4-8H2,1-3H3,(H2,11,13,14). The molecule has 1 heterocycles. The minimum Gasteiger partial charge on any atom is -0.298 e. The van der Waals surface area contributed by atoms with Gasteiger partial charge in [0.15, 0.2) is 0 Å². The van der Waals surface area contributed by atoms with Crippen LogP contribution in [0.15, 0.2) is 0 Å². The van der Waals surface area contributed by atoms with E-state index in [1.54, 1.807) is 0 Å². The van der Waals surface area contributed by atoms with Crippen LogP contribution in [0.4, 0.5) is 0 Å². The van der Waals surface area contributed by atoms with E-state index in [9.17, 15) is 8.42 Å². The van der Waals surface area contributed by atoms with Gasteiger partial charge >= 0.3 is 0 Å². The quantitative estimate of drug-likeness (QED) is 0.768. The zero-order valence-electron chi connectivity index (χ0n) is 9.86. The van der Waals surface area contributed by atoms with E-state index in [0.29, 0.717) is 0 Å². The van der Waals surface area contributed by atoms with E-state index in [1.165, 1.54) is 0 Å². The van der Waals surface area contributed by atoms with Crippen molar-refractivity contribution in [3.05, 3.63) is 0 Å². The molecule has 0 saturated carbocycles. The first-order chi connectivity index (χ1) is 6.68. The van der Waals surface area contributed by atoms with Gasteiger partial charge in [0.2, 0.25) is 10.0 Å². The summed E-state index contributed by atoms with van der Waals surface area (Å²) < 4.78 is 21.9. The van der Waals surface area contributed by atoms with Gasteiger partial charge in [-0.25, -0.2) is 13.6 Å². The summed E-state index contributed by atoms with van der Waals surface area (Å²) in [5, 5.41) is 5.05. The molecule has 0 aromatic heterocycles. The SMILES string of the molecule is CC(C)(C)N1CCC(CS(N)(=O)=O)CC1. The summed E-state index contributed by atoms with van der Waals surface area (Å²) in [6.07, 6.45) is 1.88. The lowest BCUT2D eigenvalue weighted by Gasteiger charge is -2.40. The first kappa shape index (κ1) is 12.9. The third kappa shape index (κ3) is 4.49. The Morgan fingerprint density at radius 2 is 1.73 bits per heavy atom. The largest absolute Gasteiger partial charge is 0.298 e. The molecule has 0 atom stereocenters. The Morgan fingerprint density at radius 3 is 2.07 bits per heavy atom. The lowest BCUT2D eigenvalue weighted by molar-refractivity contribution is 0.0922. The molecule has 1 aliphatic heterocycles. The zero-order chi connectivity index (χ0) is 11.7. The summed E-state index contributed by atoms with van der Waals surface area (Å²) >= 11 is 0. The van der Waals surface area contributed by atoms with Crippen LogP contribution in [0.2, 0.25) is 0 Å². The second-order valence-electron chi connectivity index (χ2n) is 5.43. The fourth-order valence-corrected chi connectivity index (χ4v) is 3.09. The summed E-state index contributed by atoms with van der Waals surface area (Å²) in [7, 11) is -3.30. The number of piperidine rings is 1. The number of nitrogens with zero attached hydrogens (tertiary/aromatic N) is 1. The molecular weight excluding hydrogens is 212 g/mol. The van der Waals surface area contributed by atoms with Crippen LogP contribution in [0, 0.1) is 5.92 Å². The predicted octanol–water partition coefficient (Wildman–Crippen LogP) is 0.785. The Labute approximate surface area is 92.9 Å². The number of primary sulfonamides is 1. The van der Waals surface area contributed by atoms with Crippen molar-refractivity contribution in [1.82, 2.24) is 4.90 Å². The van der Waals surface area contributed by atoms with Crippen molar-refractivity contribution >= 4 is 10.0 Å². The molecule has 0 amide bonds. The van der Waals surface area contributed by atoms with Crippen molar-refractivity contribution in [1.29, 1.82) is 0 Å². The highest BCUT2D eigenvalue weighted by molar-refractivity contribution is 7.89. The molecule has 15 heavy (non-hydrogen) atoms. The van der Waals surface area contributed by atoms with E-state index < -0.39 is 10.0 Å². The van der Waals surface area contributed by atoms with Crippen LogP contribution < -0.4 is 5.14 Å². The summed E-state index contributed by atoms with van der Waals surface area (Å²) in [5.41, 5.74) is 0.187. The number of nitrogens with two attached hydrogens (primary N) is 1. The molecule has 0 aromatic carbocycles. The Morgan fingerprint density at radius 1 is 1.27 bits per heavy atom. The van der Waals surface area contributed by atoms with E-state index >= 15 is 0 Å². The smallest absolute Gasteiger partial charge is 0.209 e. The first-order valence-electron chi connectivity index (χ1n) is 5.44. The van der Waals surface area contributed by atoms with Crippen LogP contribution in [0.5, 0.6) is 0 Å². The minimum atomic E-state index is -3.30. The van der Waals surface area contributed by atoms with E-state index in [1.807, 2.05) is 0 Å². The highest BCUT2D eigenvalue weighted by Crippen LogP contribution is 2.24. The number of likely N-dealkylation sites (tertiary alicyclic amines) is 1. The first-order valence-corrected chi connectivity index (χ1v) is 7.15. The lowest BCUT2D eigenvalue weighted by Crippen LogP contribution is -2.47. The fourth-order valence-electron chi connectivity index (χ4n) is 2.10. The molecule has 0 radical (unpaired) electrons. The third-order valence-electron chi connectivity index (χ3n) is 3.03. The summed E-state index contributed by atoms with van der Waals surface area (Å²) in [5.74, 6) is 0.393. The van der Waals surface area contributed by atoms with Gasteiger partial charge in [-0.3, -0.25) is 4.90 Å². The molecule has 0 aromatic rings.